The fourth-order valence-electron chi connectivity index (χ4n) is 3.37. The molecule has 1 amide bonds. The van der Waals surface area contributed by atoms with Gasteiger partial charge in [-0.1, -0.05) is 26.0 Å². The summed E-state index contributed by atoms with van der Waals surface area (Å²) in [5.74, 6) is 1.58. The van der Waals surface area contributed by atoms with Gasteiger partial charge in [-0.05, 0) is 37.5 Å². The Hall–Kier alpha value is -1.35. The molecule has 1 fully saturated rings. The second kappa shape index (κ2) is 6.40. The maximum absolute atomic E-state index is 12.2. The van der Waals surface area contributed by atoms with Crippen LogP contribution >= 0.6 is 0 Å². The molecule has 3 nitrogen and oxygen atoms in total. The Morgan fingerprint density at radius 2 is 1.90 bits per heavy atom. The van der Waals surface area contributed by atoms with Crippen molar-refractivity contribution >= 4 is 11.6 Å². The van der Waals surface area contributed by atoms with Gasteiger partial charge in [-0.3, -0.25) is 4.79 Å². The molecule has 0 unspecified atom stereocenters. The van der Waals surface area contributed by atoms with Crippen LogP contribution in [0.1, 0.15) is 31.4 Å². The number of piperidine rings is 1. The van der Waals surface area contributed by atoms with Crippen molar-refractivity contribution in [3.63, 3.8) is 0 Å². The summed E-state index contributed by atoms with van der Waals surface area (Å²) >= 11 is 0. The molecular weight excluding hydrogens is 248 g/mol. The summed E-state index contributed by atoms with van der Waals surface area (Å²) < 4.78 is 0. The Labute approximate surface area is 122 Å². The average Bonchev–Trinajstić information content (AvgIpc) is 2.33. The molecule has 1 heterocycles. The summed E-state index contributed by atoms with van der Waals surface area (Å²) in [4.78, 5) is 13.6. The van der Waals surface area contributed by atoms with E-state index in [-0.39, 0.29) is 5.91 Å². The Balaban J connectivity index is 1.94. The van der Waals surface area contributed by atoms with Crippen molar-refractivity contribution in [2.45, 2.75) is 34.1 Å². The molecule has 0 spiro atoms. The van der Waals surface area contributed by atoms with E-state index in [0.717, 1.165) is 36.2 Å². The van der Waals surface area contributed by atoms with E-state index in [9.17, 15) is 4.79 Å². The fraction of sp³-hybridized carbons (Fsp3) is 0.588. The first kappa shape index (κ1) is 15.0. The summed E-state index contributed by atoms with van der Waals surface area (Å²) in [6, 6.07) is 6.05. The highest BCUT2D eigenvalue weighted by Gasteiger charge is 2.26. The molecule has 1 aromatic carbocycles. The molecule has 1 saturated heterocycles. The van der Waals surface area contributed by atoms with Gasteiger partial charge in [0.15, 0.2) is 6.54 Å². The lowest BCUT2D eigenvalue weighted by molar-refractivity contribution is -0.904. The van der Waals surface area contributed by atoms with Crippen LogP contribution < -0.4 is 10.2 Å². The number of carbonyl (C=O) groups excluding carboxylic acids is 1. The van der Waals surface area contributed by atoms with Crippen molar-refractivity contribution in [1.29, 1.82) is 0 Å². The number of aryl methyl sites for hydroxylation is 1. The molecule has 110 valence electrons. The van der Waals surface area contributed by atoms with Crippen molar-refractivity contribution in [3.8, 4) is 0 Å². The van der Waals surface area contributed by atoms with E-state index < -0.39 is 0 Å². The van der Waals surface area contributed by atoms with Gasteiger partial charge < -0.3 is 10.2 Å². The molecule has 0 bridgehead atoms. The van der Waals surface area contributed by atoms with Crippen molar-refractivity contribution < 1.29 is 9.69 Å². The highest BCUT2D eigenvalue weighted by atomic mass is 16.2. The van der Waals surface area contributed by atoms with Crippen molar-refractivity contribution in [2.75, 3.05) is 25.0 Å². The molecule has 0 saturated carbocycles. The molecule has 0 aromatic heterocycles. The first-order valence-electron chi connectivity index (χ1n) is 7.65. The number of benzene rings is 1. The van der Waals surface area contributed by atoms with Gasteiger partial charge in [0.25, 0.3) is 5.91 Å². The molecule has 0 aliphatic carbocycles. The predicted octanol–water partition coefficient (Wildman–Crippen LogP) is 1.80. The van der Waals surface area contributed by atoms with E-state index in [1.165, 1.54) is 16.9 Å². The first-order valence-corrected chi connectivity index (χ1v) is 7.65. The second-order valence-electron chi connectivity index (χ2n) is 6.58. The van der Waals surface area contributed by atoms with E-state index in [0.29, 0.717) is 6.54 Å². The Bertz CT molecular complexity index is 474. The van der Waals surface area contributed by atoms with Gasteiger partial charge in [-0.15, -0.1) is 0 Å². The Kier molecular flexibility index (Phi) is 4.81. The molecule has 2 N–H and O–H groups in total. The monoisotopic (exact) mass is 275 g/mol. The first-order chi connectivity index (χ1) is 9.45. The minimum atomic E-state index is 0.134. The number of quaternary nitrogens is 1. The molecule has 3 heteroatoms. The smallest absolute Gasteiger partial charge is 0.279 e. The number of hydrogen-bond acceptors (Lipinski definition) is 1. The largest absolute Gasteiger partial charge is 0.327 e. The quantitative estimate of drug-likeness (QED) is 0.866. The third-order valence-corrected chi connectivity index (χ3v) is 4.37. The number of nitrogens with one attached hydrogen (secondary N) is 2. The highest BCUT2D eigenvalue weighted by molar-refractivity contribution is 5.92. The van der Waals surface area contributed by atoms with Gasteiger partial charge in [0.2, 0.25) is 0 Å². The molecule has 1 aliphatic rings. The predicted molar refractivity (Wildman–Crippen MR) is 83.1 cm³/mol. The minimum Gasteiger partial charge on any atom is -0.327 e. The van der Waals surface area contributed by atoms with E-state index in [1.54, 1.807) is 0 Å². The Morgan fingerprint density at radius 3 is 2.55 bits per heavy atom. The zero-order valence-electron chi connectivity index (χ0n) is 13.1. The van der Waals surface area contributed by atoms with Gasteiger partial charge in [-0.2, -0.15) is 0 Å². The van der Waals surface area contributed by atoms with Crippen LogP contribution in [0.3, 0.4) is 0 Å². The van der Waals surface area contributed by atoms with Crippen LogP contribution in [0.15, 0.2) is 18.2 Å². The fourth-order valence-corrected chi connectivity index (χ4v) is 3.37. The number of rotatable bonds is 3. The number of amides is 1. The molecule has 0 radical (unpaired) electrons. The molecular formula is C17H27N2O+. The number of carbonyl (C=O) groups is 1. The number of anilines is 1. The topological polar surface area (TPSA) is 33.5 Å². The maximum atomic E-state index is 12.2. The second-order valence-corrected chi connectivity index (χ2v) is 6.58. The highest BCUT2D eigenvalue weighted by Crippen LogP contribution is 2.17. The summed E-state index contributed by atoms with van der Waals surface area (Å²) in [5, 5.41) is 3.07. The summed E-state index contributed by atoms with van der Waals surface area (Å²) in [6.45, 7) is 11.5. The van der Waals surface area contributed by atoms with Gasteiger partial charge in [0, 0.05) is 17.5 Å². The lowest BCUT2D eigenvalue weighted by Crippen LogP contribution is -3.15. The normalized spacial score (nSPS) is 26.3. The number of likely N-dealkylation sites (tertiary alicyclic amines) is 1. The summed E-state index contributed by atoms with van der Waals surface area (Å²) in [5.41, 5.74) is 3.33. The van der Waals surface area contributed by atoms with Crippen LogP contribution in [0.2, 0.25) is 0 Å². The van der Waals surface area contributed by atoms with Crippen LogP contribution in [0.5, 0.6) is 0 Å². The zero-order chi connectivity index (χ0) is 14.7. The van der Waals surface area contributed by atoms with Gasteiger partial charge >= 0.3 is 0 Å². The van der Waals surface area contributed by atoms with Crippen LogP contribution in [0.25, 0.3) is 0 Å². The summed E-state index contributed by atoms with van der Waals surface area (Å²) in [7, 11) is 0. The van der Waals surface area contributed by atoms with Gasteiger partial charge in [-0.25, -0.2) is 0 Å². The molecule has 1 aromatic rings. The van der Waals surface area contributed by atoms with E-state index in [1.807, 2.05) is 12.1 Å². The lowest BCUT2D eigenvalue weighted by atomic mass is 9.92. The third kappa shape index (κ3) is 3.83. The van der Waals surface area contributed by atoms with Crippen molar-refractivity contribution in [1.82, 2.24) is 0 Å². The molecule has 2 rings (SSSR count). The SMILES string of the molecule is Cc1cccc(NC(=O)C[NH+]2C[C@H](C)C[C@@H](C)C2)c1C. The van der Waals surface area contributed by atoms with E-state index >= 15 is 0 Å². The van der Waals surface area contributed by atoms with Crippen LogP contribution in [-0.4, -0.2) is 25.5 Å². The van der Waals surface area contributed by atoms with Crippen molar-refractivity contribution in [3.05, 3.63) is 29.3 Å². The number of hydrogen-bond donors (Lipinski definition) is 2. The molecule has 1 aliphatic heterocycles. The van der Waals surface area contributed by atoms with E-state index in [2.05, 4.69) is 39.1 Å². The van der Waals surface area contributed by atoms with Crippen LogP contribution in [0, 0.1) is 25.7 Å². The van der Waals surface area contributed by atoms with Crippen LogP contribution in [-0.2, 0) is 4.79 Å². The van der Waals surface area contributed by atoms with E-state index in [4.69, 9.17) is 0 Å². The van der Waals surface area contributed by atoms with Gasteiger partial charge in [0.1, 0.15) is 0 Å². The zero-order valence-corrected chi connectivity index (χ0v) is 13.1. The summed E-state index contributed by atoms with van der Waals surface area (Å²) in [6.07, 6.45) is 1.29. The molecule has 2 atom stereocenters. The third-order valence-electron chi connectivity index (χ3n) is 4.37. The standard InChI is InChI=1S/C17H26N2O/c1-12-8-13(2)10-19(9-12)11-17(20)18-16-7-5-6-14(3)15(16)4/h5-7,12-13H,8-11H2,1-4H3,(H,18,20)/p+1/t12-,13-/m1/s1. The maximum Gasteiger partial charge on any atom is 0.279 e. The van der Waals surface area contributed by atoms with Crippen molar-refractivity contribution in [2.24, 2.45) is 11.8 Å². The van der Waals surface area contributed by atoms with Gasteiger partial charge in [0.05, 0.1) is 13.1 Å². The lowest BCUT2D eigenvalue weighted by Gasteiger charge is -2.31. The minimum absolute atomic E-state index is 0.134. The average molecular weight is 275 g/mol. The Morgan fingerprint density at radius 1 is 1.25 bits per heavy atom. The molecule has 20 heavy (non-hydrogen) atoms. The van der Waals surface area contributed by atoms with Crippen LogP contribution in [0.4, 0.5) is 5.69 Å².